The van der Waals surface area contributed by atoms with E-state index in [2.05, 4.69) is 0 Å². The van der Waals surface area contributed by atoms with Crippen molar-refractivity contribution < 1.29 is 19.5 Å². The number of fused-ring (bicyclic) bond motifs is 5. The van der Waals surface area contributed by atoms with Gasteiger partial charge >= 0.3 is 0 Å². The van der Waals surface area contributed by atoms with E-state index in [1.807, 2.05) is 54.6 Å². The molecule has 0 bridgehead atoms. The maximum Gasteiger partial charge on any atom is 0.136 e. The summed E-state index contributed by atoms with van der Waals surface area (Å²) in [6.07, 6.45) is 0. The van der Waals surface area contributed by atoms with Crippen molar-refractivity contribution >= 4 is 43.5 Å². The van der Waals surface area contributed by atoms with Crippen molar-refractivity contribution in [1.82, 2.24) is 0 Å². The van der Waals surface area contributed by atoms with Gasteiger partial charge < -0.3 is 4.42 Å². The summed E-state index contributed by atoms with van der Waals surface area (Å²) in [6.45, 7) is 0. The average molecular weight is 508 g/mol. The summed E-state index contributed by atoms with van der Waals surface area (Å²) in [5.74, 6) is 0. The molecule has 0 unspecified atom stereocenters. The summed E-state index contributed by atoms with van der Waals surface area (Å²) in [5, 5.41) is 2.64. The second-order valence-electron chi connectivity index (χ2n) is 9.22. The highest BCUT2D eigenvalue weighted by atomic mass is 16.3. The second-order valence-corrected chi connectivity index (χ2v) is 9.22. The summed E-state index contributed by atoms with van der Waals surface area (Å²) in [4.78, 5) is 0. The monoisotopic (exact) mass is 507 g/mol. The molecule has 0 fully saturated rings. The Balaban J connectivity index is 1.70. The fourth-order valence-corrected chi connectivity index (χ4v) is 5.57. The van der Waals surface area contributed by atoms with Crippen LogP contribution < -0.4 is 0 Å². The Bertz CT molecular complexity index is 2680. The third kappa shape index (κ3) is 3.34. The molecule has 0 saturated heterocycles. The molecule has 0 aliphatic carbocycles. The van der Waals surface area contributed by atoms with Crippen LogP contribution in [0.4, 0.5) is 0 Å². The van der Waals surface area contributed by atoms with Crippen molar-refractivity contribution in [3.05, 3.63) is 145 Å². The van der Waals surface area contributed by atoms with Crippen molar-refractivity contribution in [3.8, 4) is 33.4 Å². The summed E-state index contributed by atoms with van der Waals surface area (Å²) < 4.78 is 102. The molecule has 182 valence electrons. The number of furan rings is 1. The number of para-hydroxylation sites is 1. The van der Waals surface area contributed by atoms with Gasteiger partial charge in [-0.1, -0.05) is 133 Å². The van der Waals surface area contributed by atoms with E-state index in [4.69, 9.17) is 18.1 Å². The smallest absolute Gasteiger partial charge is 0.136 e. The SMILES string of the molecule is [2H]c1c([2H])c([2H])c(-c2c3ccccc3c(-c3c(-c4ccccc4)c([2H])c([2H])c4oc5c([2H])c([2H])c([2H])c([2H])c5c34)c3ccccc23)c([2H])c1[2H]. The quantitative estimate of drug-likeness (QED) is 0.217. The Morgan fingerprint density at radius 2 is 1.00 bits per heavy atom. The topological polar surface area (TPSA) is 13.1 Å². The van der Waals surface area contributed by atoms with Gasteiger partial charge in [-0.2, -0.15) is 0 Å². The second kappa shape index (κ2) is 8.72. The molecule has 0 amide bonds. The molecule has 0 radical (unpaired) electrons. The fraction of sp³-hybridized carbons (Fsp3) is 0. The minimum absolute atomic E-state index is 0.0361. The van der Waals surface area contributed by atoms with Gasteiger partial charge in [0.15, 0.2) is 0 Å². The molecular formula is C38H24O. The van der Waals surface area contributed by atoms with Crippen LogP contribution in [0.3, 0.4) is 0 Å². The lowest BCUT2D eigenvalue weighted by Gasteiger charge is -2.20. The molecule has 0 atom stereocenters. The lowest BCUT2D eigenvalue weighted by molar-refractivity contribution is 0.669. The van der Waals surface area contributed by atoms with Crippen LogP contribution in [0.25, 0.3) is 76.9 Å². The van der Waals surface area contributed by atoms with E-state index in [0.717, 1.165) is 0 Å². The molecule has 1 heteroatoms. The summed E-state index contributed by atoms with van der Waals surface area (Å²) >= 11 is 0. The van der Waals surface area contributed by atoms with E-state index >= 15 is 0 Å². The third-order valence-corrected chi connectivity index (χ3v) is 7.13. The Kier molecular flexibility index (Phi) is 3.04. The van der Waals surface area contributed by atoms with Crippen molar-refractivity contribution in [1.29, 1.82) is 0 Å². The van der Waals surface area contributed by atoms with Crippen molar-refractivity contribution in [2.24, 2.45) is 0 Å². The first-order valence-corrected chi connectivity index (χ1v) is 12.5. The van der Waals surface area contributed by atoms with Crippen LogP contribution in [0.2, 0.25) is 0 Å². The molecule has 1 nitrogen and oxygen atoms in total. The average Bonchev–Trinajstić information content (AvgIpc) is 3.54. The summed E-state index contributed by atoms with van der Waals surface area (Å²) in [5.41, 5.74) is 2.20. The molecule has 1 aromatic heterocycles. The molecule has 1 heterocycles. The summed E-state index contributed by atoms with van der Waals surface area (Å²) in [7, 11) is 0. The van der Waals surface area contributed by atoms with Crippen molar-refractivity contribution in [2.45, 2.75) is 0 Å². The zero-order valence-electron chi connectivity index (χ0n) is 31.4. The van der Waals surface area contributed by atoms with E-state index < -0.39 is 36.3 Å². The molecule has 0 aliphatic rings. The number of hydrogen-bond donors (Lipinski definition) is 0. The van der Waals surface area contributed by atoms with Gasteiger partial charge in [-0.15, -0.1) is 0 Å². The molecule has 0 saturated carbocycles. The van der Waals surface area contributed by atoms with Crippen LogP contribution in [-0.4, -0.2) is 0 Å². The van der Waals surface area contributed by atoms with E-state index in [9.17, 15) is 1.37 Å². The van der Waals surface area contributed by atoms with Gasteiger partial charge in [-0.05, 0) is 61.4 Å². The Morgan fingerprint density at radius 3 is 1.69 bits per heavy atom. The van der Waals surface area contributed by atoms with Gasteiger partial charge in [0.1, 0.15) is 11.2 Å². The lowest BCUT2D eigenvalue weighted by Crippen LogP contribution is -1.93. The van der Waals surface area contributed by atoms with Gasteiger partial charge in [-0.25, -0.2) is 0 Å². The minimum Gasteiger partial charge on any atom is -0.456 e. The number of hydrogen-bond acceptors (Lipinski definition) is 1. The molecular weight excluding hydrogens is 472 g/mol. The van der Waals surface area contributed by atoms with E-state index in [-0.39, 0.29) is 57.7 Å². The van der Waals surface area contributed by atoms with E-state index in [0.29, 0.717) is 49.4 Å². The maximum absolute atomic E-state index is 9.36. The first-order chi connectivity index (χ1) is 24.0. The van der Waals surface area contributed by atoms with Crippen molar-refractivity contribution in [2.75, 3.05) is 0 Å². The van der Waals surface area contributed by atoms with Gasteiger partial charge in [0.05, 0.1) is 15.1 Å². The first-order valence-electron chi connectivity index (χ1n) is 18.0. The first kappa shape index (κ1) is 13.6. The van der Waals surface area contributed by atoms with E-state index in [1.165, 1.54) is 0 Å². The Morgan fingerprint density at radius 1 is 0.410 bits per heavy atom. The molecule has 8 aromatic rings. The molecule has 0 aliphatic heterocycles. The predicted octanol–water partition coefficient (Wildman–Crippen LogP) is 10.9. The highest BCUT2D eigenvalue weighted by molar-refractivity contribution is 6.27. The highest BCUT2D eigenvalue weighted by Crippen LogP contribution is 2.49. The number of benzene rings is 7. The van der Waals surface area contributed by atoms with Gasteiger partial charge in [-0.3, -0.25) is 0 Å². The zero-order valence-corrected chi connectivity index (χ0v) is 20.4. The third-order valence-electron chi connectivity index (χ3n) is 7.13. The largest absolute Gasteiger partial charge is 0.456 e. The van der Waals surface area contributed by atoms with Crippen LogP contribution in [0.1, 0.15) is 15.1 Å². The fourth-order valence-electron chi connectivity index (χ4n) is 5.57. The van der Waals surface area contributed by atoms with E-state index in [1.54, 1.807) is 24.3 Å². The van der Waals surface area contributed by atoms with Crippen LogP contribution in [0, 0.1) is 0 Å². The Labute approximate surface area is 242 Å². The van der Waals surface area contributed by atoms with Crippen LogP contribution in [0.15, 0.2) is 150 Å². The summed E-state index contributed by atoms with van der Waals surface area (Å²) in [6, 6.07) is 19.3. The predicted molar refractivity (Wildman–Crippen MR) is 165 cm³/mol. The lowest BCUT2D eigenvalue weighted by atomic mass is 9.82. The number of rotatable bonds is 3. The molecule has 39 heavy (non-hydrogen) atoms. The van der Waals surface area contributed by atoms with Crippen LogP contribution >= 0.6 is 0 Å². The zero-order chi connectivity index (χ0) is 35.3. The molecule has 0 spiro atoms. The molecule has 8 rings (SSSR count). The van der Waals surface area contributed by atoms with Crippen molar-refractivity contribution in [3.63, 3.8) is 0 Å². The Hall–Kier alpha value is -5.14. The van der Waals surface area contributed by atoms with Gasteiger partial charge in [0.2, 0.25) is 0 Å². The van der Waals surface area contributed by atoms with Gasteiger partial charge in [0.25, 0.3) is 0 Å². The minimum atomic E-state index is -0.501. The highest BCUT2D eigenvalue weighted by Gasteiger charge is 2.23. The van der Waals surface area contributed by atoms with Gasteiger partial charge in [0, 0.05) is 16.3 Å². The molecule has 0 N–H and O–H groups in total. The van der Waals surface area contributed by atoms with Crippen LogP contribution in [0.5, 0.6) is 0 Å². The molecule has 7 aromatic carbocycles. The normalized spacial score (nSPS) is 15.5. The standard InChI is InChI=1S/C38H24O/c1-3-13-25(14-4-1)27-23-24-34-37(32-21-11-12-22-33(32)39-34)38(27)36-30-19-9-7-17-28(30)35(26-15-5-2-6-16-26)29-18-8-10-20-31(29)36/h1-24H/i2D,5D,6D,11D,12D,15D,16D,21D,22D,23D,24D. The van der Waals surface area contributed by atoms with Crippen LogP contribution in [-0.2, 0) is 0 Å². The maximum atomic E-state index is 9.36.